The molecular formula is C15H12F6O3. The van der Waals surface area contributed by atoms with Gasteiger partial charge in [-0.3, -0.25) is 4.79 Å². The highest BCUT2D eigenvalue weighted by molar-refractivity contribution is 6.19. The van der Waals surface area contributed by atoms with Gasteiger partial charge in [0.2, 0.25) is 0 Å². The van der Waals surface area contributed by atoms with Crippen LogP contribution in [0.15, 0.2) is 23.8 Å². The predicted octanol–water partition coefficient (Wildman–Crippen LogP) is 4.26. The summed E-state index contributed by atoms with van der Waals surface area (Å²) < 4.78 is 81.1. The van der Waals surface area contributed by atoms with Crippen molar-refractivity contribution in [1.82, 2.24) is 0 Å². The zero-order valence-corrected chi connectivity index (χ0v) is 12.5. The van der Waals surface area contributed by atoms with E-state index in [4.69, 9.17) is 0 Å². The van der Waals surface area contributed by atoms with E-state index in [1.165, 1.54) is 6.92 Å². The largest absolute Gasteiger partial charge is 0.462 e. The summed E-state index contributed by atoms with van der Waals surface area (Å²) in [6.45, 7) is 2.27. The average Bonchev–Trinajstić information content (AvgIpc) is 2.42. The highest BCUT2D eigenvalue weighted by Crippen LogP contribution is 2.36. The van der Waals surface area contributed by atoms with Crippen LogP contribution in [0, 0.1) is 0 Å². The summed E-state index contributed by atoms with van der Waals surface area (Å²) in [4.78, 5) is 23.0. The quantitative estimate of drug-likeness (QED) is 0.267. The molecule has 0 aliphatic rings. The third-order valence-corrected chi connectivity index (χ3v) is 2.80. The van der Waals surface area contributed by atoms with Crippen LogP contribution in [0.25, 0.3) is 6.08 Å². The molecule has 0 fully saturated rings. The monoisotopic (exact) mass is 354 g/mol. The summed E-state index contributed by atoms with van der Waals surface area (Å²) in [5, 5.41) is 0. The minimum atomic E-state index is -5.02. The maximum atomic E-state index is 12.8. The number of ether oxygens (including phenoxy) is 1. The molecule has 9 heteroatoms. The number of ketones is 1. The van der Waals surface area contributed by atoms with E-state index < -0.39 is 46.4 Å². The van der Waals surface area contributed by atoms with Crippen LogP contribution in [0.4, 0.5) is 26.3 Å². The number of carbonyl (C=O) groups is 2. The van der Waals surface area contributed by atoms with E-state index in [0.29, 0.717) is 18.2 Å². The summed E-state index contributed by atoms with van der Waals surface area (Å²) >= 11 is 0. The third kappa shape index (κ3) is 5.10. The fraction of sp³-hybridized carbons (Fsp3) is 0.333. The molecule has 0 aromatic heterocycles. The molecule has 0 N–H and O–H groups in total. The molecule has 1 aromatic rings. The number of esters is 1. The van der Waals surface area contributed by atoms with Gasteiger partial charge >= 0.3 is 18.3 Å². The average molecular weight is 354 g/mol. The minimum absolute atomic E-state index is 0.0465. The van der Waals surface area contributed by atoms with Crippen LogP contribution in [0.5, 0.6) is 0 Å². The second kappa shape index (κ2) is 7.06. The number of halogens is 6. The lowest BCUT2D eigenvalue weighted by molar-refractivity contribution is -0.143. The molecule has 132 valence electrons. The van der Waals surface area contributed by atoms with Gasteiger partial charge in [-0.1, -0.05) is 0 Å². The van der Waals surface area contributed by atoms with Gasteiger partial charge in [0.15, 0.2) is 5.78 Å². The lowest BCUT2D eigenvalue weighted by Crippen LogP contribution is -2.14. The number of alkyl halides is 6. The molecule has 0 atom stereocenters. The Balaban J connectivity index is 3.53. The molecule has 0 saturated carbocycles. The molecule has 1 aromatic carbocycles. The van der Waals surface area contributed by atoms with Crippen molar-refractivity contribution >= 4 is 17.8 Å². The van der Waals surface area contributed by atoms with Crippen molar-refractivity contribution in [3.05, 3.63) is 40.5 Å². The second-order valence-electron chi connectivity index (χ2n) is 4.67. The van der Waals surface area contributed by atoms with Crippen molar-refractivity contribution in [1.29, 1.82) is 0 Å². The van der Waals surface area contributed by atoms with E-state index in [-0.39, 0.29) is 12.7 Å². The maximum Gasteiger partial charge on any atom is 0.416 e. The molecule has 0 spiro atoms. The summed E-state index contributed by atoms with van der Waals surface area (Å²) in [5.41, 5.74) is -4.33. The summed E-state index contributed by atoms with van der Waals surface area (Å²) in [7, 11) is 0. The van der Waals surface area contributed by atoms with E-state index in [1.807, 2.05) is 0 Å². The molecule has 0 saturated heterocycles. The molecule has 1 rings (SSSR count). The maximum absolute atomic E-state index is 12.8. The molecule has 0 bridgehead atoms. The zero-order chi connectivity index (χ0) is 18.7. The van der Waals surface area contributed by atoms with Crippen molar-refractivity contribution in [2.75, 3.05) is 6.61 Å². The van der Waals surface area contributed by atoms with E-state index >= 15 is 0 Å². The van der Waals surface area contributed by atoms with Crippen molar-refractivity contribution in [2.24, 2.45) is 0 Å². The van der Waals surface area contributed by atoms with Crippen LogP contribution >= 0.6 is 0 Å². The number of rotatable bonds is 4. The summed E-state index contributed by atoms with van der Waals surface area (Å²) in [6, 6.07) is 0.782. The Bertz CT molecular complexity index is 639. The first-order chi connectivity index (χ1) is 10.9. The Hall–Kier alpha value is -2.32. The fourth-order valence-corrected chi connectivity index (χ4v) is 1.74. The number of hydrogen-bond acceptors (Lipinski definition) is 3. The zero-order valence-electron chi connectivity index (χ0n) is 12.5. The van der Waals surface area contributed by atoms with Gasteiger partial charge in [0.25, 0.3) is 0 Å². The molecule has 0 radical (unpaired) electrons. The summed E-state index contributed by atoms with van der Waals surface area (Å²) in [6.07, 6.45) is -9.40. The first kappa shape index (κ1) is 19.7. The van der Waals surface area contributed by atoms with E-state index in [9.17, 15) is 35.9 Å². The SMILES string of the molecule is CCOC(=O)C(=Cc1cc(C(F)(F)F)cc(C(F)(F)F)c1)C(C)=O. The van der Waals surface area contributed by atoms with Crippen molar-refractivity contribution < 1.29 is 40.7 Å². The minimum Gasteiger partial charge on any atom is -0.462 e. The van der Waals surface area contributed by atoms with E-state index in [0.717, 1.165) is 6.92 Å². The van der Waals surface area contributed by atoms with Gasteiger partial charge < -0.3 is 4.74 Å². The Labute approximate surface area is 132 Å². The Morgan fingerprint density at radius 3 is 1.79 bits per heavy atom. The molecule has 0 heterocycles. The van der Waals surface area contributed by atoms with E-state index in [2.05, 4.69) is 4.74 Å². The highest BCUT2D eigenvalue weighted by Gasteiger charge is 2.36. The first-order valence-electron chi connectivity index (χ1n) is 6.55. The molecule has 0 aliphatic carbocycles. The summed E-state index contributed by atoms with van der Waals surface area (Å²) in [5.74, 6) is -1.98. The van der Waals surface area contributed by atoms with Crippen LogP contribution < -0.4 is 0 Å². The number of benzene rings is 1. The smallest absolute Gasteiger partial charge is 0.416 e. The topological polar surface area (TPSA) is 43.4 Å². The standard InChI is InChI=1S/C15H12F6O3/c1-3-24-13(23)12(8(2)22)6-9-4-10(14(16,17)18)7-11(5-9)15(19,20)21/h4-7H,3H2,1-2H3. The van der Waals surface area contributed by atoms with Crippen LogP contribution in [-0.2, 0) is 26.7 Å². The number of Topliss-reactive ketones (excluding diaryl/α,β-unsaturated/α-hetero) is 1. The second-order valence-corrected chi connectivity index (χ2v) is 4.67. The fourth-order valence-electron chi connectivity index (χ4n) is 1.74. The van der Waals surface area contributed by atoms with Gasteiger partial charge in [0.05, 0.1) is 17.7 Å². The molecule has 0 aliphatic heterocycles. The van der Waals surface area contributed by atoms with Crippen LogP contribution in [0.2, 0.25) is 0 Å². The molecular weight excluding hydrogens is 342 g/mol. The van der Waals surface area contributed by atoms with Crippen LogP contribution in [0.1, 0.15) is 30.5 Å². The van der Waals surface area contributed by atoms with Crippen LogP contribution in [-0.4, -0.2) is 18.4 Å². The van der Waals surface area contributed by atoms with E-state index in [1.54, 1.807) is 0 Å². The molecule has 0 unspecified atom stereocenters. The lowest BCUT2D eigenvalue weighted by atomic mass is 10.0. The Kier molecular flexibility index (Phi) is 5.80. The Morgan fingerprint density at radius 2 is 1.46 bits per heavy atom. The Morgan fingerprint density at radius 1 is 1.00 bits per heavy atom. The van der Waals surface area contributed by atoms with Crippen molar-refractivity contribution in [3.63, 3.8) is 0 Å². The number of carbonyl (C=O) groups excluding carboxylic acids is 2. The van der Waals surface area contributed by atoms with Crippen molar-refractivity contribution in [2.45, 2.75) is 26.2 Å². The van der Waals surface area contributed by atoms with Gasteiger partial charge in [-0.25, -0.2) is 4.79 Å². The lowest BCUT2D eigenvalue weighted by Gasteiger charge is -2.13. The highest BCUT2D eigenvalue weighted by atomic mass is 19.4. The van der Waals surface area contributed by atoms with Gasteiger partial charge in [0.1, 0.15) is 5.57 Å². The van der Waals surface area contributed by atoms with Gasteiger partial charge in [-0.2, -0.15) is 26.3 Å². The normalized spacial score (nSPS) is 12.9. The molecule has 0 amide bonds. The first-order valence-corrected chi connectivity index (χ1v) is 6.55. The molecule has 3 nitrogen and oxygen atoms in total. The van der Waals surface area contributed by atoms with Gasteiger partial charge in [-0.15, -0.1) is 0 Å². The van der Waals surface area contributed by atoms with Crippen molar-refractivity contribution in [3.8, 4) is 0 Å². The predicted molar refractivity (Wildman–Crippen MR) is 71.7 cm³/mol. The molecule has 24 heavy (non-hydrogen) atoms. The van der Waals surface area contributed by atoms with Gasteiger partial charge in [0, 0.05) is 0 Å². The van der Waals surface area contributed by atoms with Crippen LogP contribution in [0.3, 0.4) is 0 Å². The number of hydrogen-bond donors (Lipinski definition) is 0. The third-order valence-electron chi connectivity index (χ3n) is 2.80. The van der Waals surface area contributed by atoms with Gasteiger partial charge in [-0.05, 0) is 43.7 Å².